The number of halogens is 12. The topological polar surface area (TPSA) is 48.1 Å². The SMILES string of the molecule is CC(C)[C@@H]1N[P+]2(NC1(c1ccc(C(F)(F)F)cc1)c1ccc(C(F)(F)F)cc1)NC(c1ccc(C(F)(F)F)cc1)(c1ccc(C(F)(F)F)cc1)C(C)(C(C)C)N2. The summed E-state index contributed by atoms with van der Waals surface area (Å²) < 4.78 is 166. The lowest BCUT2D eigenvalue weighted by Gasteiger charge is -2.43. The number of nitrogens with one attached hydrogen (secondary N) is 4. The first-order valence-electron chi connectivity index (χ1n) is 17.5. The summed E-state index contributed by atoms with van der Waals surface area (Å²) >= 11 is 0. The van der Waals surface area contributed by atoms with Crippen LogP contribution in [0.4, 0.5) is 52.7 Å². The van der Waals surface area contributed by atoms with E-state index in [-0.39, 0.29) is 28.2 Å². The van der Waals surface area contributed by atoms with Crippen molar-refractivity contribution in [3.8, 4) is 0 Å². The summed E-state index contributed by atoms with van der Waals surface area (Å²) in [5.41, 5.74) is -7.26. The molecule has 4 aromatic carbocycles. The molecule has 0 bridgehead atoms. The van der Waals surface area contributed by atoms with Crippen LogP contribution in [0.25, 0.3) is 0 Å². The molecule has 1 spiro atoms. The lowest BCUT2D eigenvalue weighted by molar-refractivity contribution is -0.138. The second-order valence-corrected chi connectivity index (χ2v) is 17.3. The average molecular weight is 822 g/mol. The minimum Gasteiger partial charge on any atom is -0.166 e. The molecule has 2 aliphatic rings. The monoisotopic (exact) mass is 821 g/mol. The zero-order valence-corrected chi connectivity index (χ0v) is 31.3. The quantitative estimate of drug-likeness (QED) is 0.116. The molecule has 0 saturated carbocycles. The second-order valence-electron chi connectivity index (χ2n) is 15.1. The van der Waals surface area contributed by atoms with Crippen molar-refractivity contribution < 1.29 is 52.7 Å². The molecule has 3 atom stereocenters. The minimum atomic E-state index is -4.71. The Bertz CT molecular complexity index is 1910. The summed E-state index contributed by atoms with van der Waals surface area (Å²) in [5, 5.41) is 14.4. The molecule has 56 heavy (non-hydrogen) atoms. The summed E-state index contributed by atoms with van der Waals surface area (Å²) in [6.07, 6.45) is -18.8. The number of alkyl halides is 12. The normalized spacial score (nSPS) is 24.1. The lowest BCUT2D eigenvalue weighted by atomic mass is 9.65. The van der Waals surface area contributed by atoms with E-state index in [4.69, 9.17) is 0 Å². The van der Waals surface area contributed by atoms with Crippen molar-refractivity contribution in [2.24, 2.45) is 11.8 Å². The van der Waals surface area contributed by atoms with E-state index in [9.17, 15) is 52.7 Å². The Morgan fingerprint density at radius 1 is 0.464 bits per heavy atom. The summed E-state index contributed by atoms with van der Waals surface area (Å²) in [7, 11) is -3.45. The molecule has 17 heteroatoms. The molecule has 0 aromatic heterocycles. The van der Waals surface area contributed by atoms with Crippen LogP contribution in [0.1, 0.15) is 79.1 Å². The molecule has 2 aliphatic heterocycles. The van der Waals surface area contributed by atoms with Gasteiger partial charge in [-0.1, -0.05) is 76.2 Å². The van der Waals surface area contributed by atoms with Crippen molar-refractivity contribution in [1.29, 1.82) is 0 Å². The highest BCUT2D eigenvalue weighted by molar-refractivity contribution is 7.69. The molecular weight excluding hydrogens is 783 g/mol. The fourth-order valence-corrected chi connectivity index (χ4v) is 12.4. The Hall–Kier alpha value is -3.69. The molecular formula is C39H38F12N4P+. The van der Waals surface area contributed by atoms with Crippen LogP contribution in [0.15, 0.2) is 97.1 Å². The Morgan fingerprint density at radius 2 is 0.768 bits per heavy atom. The zero-order chi connectivity index (χ0) is 41.5. The van der Waals surface area contributed by atoms with E-state index in [0.717, 1.165) is 48.5 Å². The Labute approximate surface area is 316 Å². The Morgan fingerprint density at radius 3 is 1.04 bits per heavy atom. The number of benzene rings is 4. The highest BCUT2D eigenvalue weighted by Gasteiger charge is 2.75. The van der Waals surface area contributed by atoms with Gasteiger partial charge in [-0.3, -0.25) is 0 Å². The first-order chi connectivity index (χ1) is 25.7. The third-order valence-corrected chi connectivity index (χ3v) is 13.9. The van der Waals surface area contributed by atoms with Gasteiger partial charge in [0.25, 0.3) is 0 Å². The van der Waals surface area contributed by atoms with Gasteiger partial charge >= 0.3 is 32.6 Å². The first kappa shape index (κ1) is 41.9. The van der Waals surface area contributed by atoms with E-state index in [2.05, 4.69) is 20.3 Å². The van der Waals surface area contributed by atoms with Crippen LogP contribution in [0.3, 0.4) is 0 Å². The van der Waals surface area contributed by atoms with Gasteiger partial charge in [0.2, 0.25) is 0 Å². The fraction of sp³-hybridized carbons (Fsp3) is 0.385. The predicted octanol–water partition coefficient (Wildman–Crippen LogP) is 11.5. The molecule has 0 radical (unpaired) electrons. The van der Waals surface area contributed by atoms with Crippen molar-refractivity contribution in [3.63, 3.8) is 0 Å². The molecule has 2 fully saturated rings. The highest BCUT2D eigenvalue weighted by atomic mass is 31.2. The van der Waals surface area contributed by atoms with Crippen LogP contribution in [-0.4, -0.2) is 11.6 Å². The average Bonchev–Trinajstić information content (AvgIpc) is 3.59. The fourth-order valence-electron chi connectivity index (χ4n) is 8.04. The molecule has 2 saturated heterocycles. The maximum Gasteiger partial charge on any atom is 0.416 e. The largest absolute Gasteiger partial charge is 0.416 e. The number of hydrogen-bond acceptors (Lipinski definition) is 4. The van der Waals surface area contributed by atoms with E-state index >= 15 is 0 Å². The third-order valence-electron chi connectivity index (χ3n) is 11.1. The molecule has 2 unspecified atom stereocenters. The van der Waals surface area contributed by atoms with E-state index in [1.54, 1.807) is 20.8 Å². The molecule has 2 heterocycles. The van der Waals surface area contributed by atoms with Crippen LogP contribution < -0.4 is 20.3 Å². The van der Waals surface area contributed by atoms with Gasteiger partial charge in [0.1, 0.15) is 11.1 Å². The van der Waals surface area contributed by atoms with Gasteiger partial charge in [-0.05, 0) is 89.5 Å². The minimum absolute atomic E-state index is 0.247. The van der Waals surface area contributed by atoms with Gasteiger partial charge in [-0.15, -0.1) is 20.3 Å². The maximum atomic E-state index is 13.8. The molecule has 4 nitrogen and oxygen atoms in total. The van der Waals surface area contributed by atoms with Crippen molar-refractivity contribution in [2.45, 2.75) is 82.0 Å². The summed E-state index contributed by atoms with van der Waals surface area (Å²) in [6.45, 7) is 9.00. The van der Waals surface area contributed by atoms with Gasteiger partial charge in [-0.2, -0.15) is 52.7 Å². The number of rotatable bonds is 6. The van der Waals surface area contributed by atoms with Crippen LogP contribution in [-0.2, 0) is 35.8 Å². The summed E-state index contributed by atoms with van der Waals surface area (Å²) in [5.74, 6) is -0.806. The van der Waals surface area contributed by atoms with Crippen molar-refractivity contribution in [1.82, 2.24) is 20.3 Å². The van der Waals surface area contributed by atoms with Crippen molar-refractivity contribution >= 4 is 7.87 Å². The summed E-state index contributed by atoms with van der Waals surface area (Å²) in [4.78, 5) is 0. The molecule has 4 N–H and O–H groups in total. The van der Waals surface area contributed by atoms with Crippen molar-refractivity contribution in [2.75, 3.05) is 0 Å². The highest BCUT2D eigenvalue weighted by Crippen LogP contribution is 2.68. The van der Waals surface area contributed by atoms with E-state index < -0.39 is 83.4 Å². The second kappa shape index (κ2) is 13.7. The predicted molar refractivity (Wildman–Crippen MR) is 189 cm³/mol. The van der Waals surface area contributed by atoms with Gasteiger partial charge in [0, 0.05) is 0 Å². The van der Waals surface area contributed by atoms with E-state index in [1.807, 2.05) is 13.8 Å². The summed E-state index contributed by atoms with van der Waals surface area (Å²) in [6, 6.07) is 16.1. The van der Waals surface area contributed by atoms with Crippen molar-refractivity contribution in [3.05, 3.63) is 142 Å². The lowest BCUT2D eigenvalue weighted by Crippen LogP contribution is -2.59. The van der Waals surface area contributed by atoms with Gasteiger partial charge in [-0.25, -0.2) is 0 Å². The molecule has 0 amide bonds. The zero-order valence-electron chi connectivity index (χ0n) is 30.5. The molecule has 4 aromatic rings. The Balaban J connectivity index is 1.62. The smallest absolute Gasteiger partial charge is 0.166 e. The maximum absolute atomic E-state index is 13.8. The van der Waals surface area contributed by atoms with Gasteiger partial charge in [0.05, 0.1) is 33.8 Å². The number of hydrogen-bond donors (Lipinski definition) is 4. The molecule has 6 rings (SSSR count). The van der Waals surface area contributed by atoms with Crippen LogP contribution >= 0.6 is 7.87 Å². The third kappa shape index (κ3) is 6.99. The standard InChI is InChI=1S/C39H38F12N4P/c1-22(2)32-34(24-6-14-28(15-7-24)36(40,41)42,25-8-16-29(17-9-25)37(43,44)45)54-56(52-32)53-33(5,23(3)4)35(55-56,26-10-18-30(19-11-26)38(46,47)48)27-12-20-31(21-13-27)39(49,50)51/h6-23,32,52-55H,1-5H3/q+1/t32-,33?,56?/m0/s1. The van der Waals surface area contributed by atoms with Gasteiger partial charge in [0.15, 0.2) is 0 Å². The van der Waals surface area contributed by atoms with Crippen LogP contribution in [0.2, 0.25) is 0 Å². The first-order valence-corrected chi connectivity index (χ1v) is 19.2. The molecule has 302 valence electrons. The van der Waals surface area contributed by atoms with Gasteiger partial charge < -0.3 is 0 Å². The molecule has 0 aliphatic carbocycles. The van der Waals surface area contributed by atoms with E-state index in [0.29, 0.717) is 0 Å². The Kier molecular flexibility index (Phi) is 10.3. The van der Waals surface area contributed by atoms with Crippen LogP contribution in [0.5, 0.6) is 0 Å². The van der Waals surface area contributed by atoms with Crippen LogP contribution in [0, 0.1) is 11.8 Å². The van der Waals surface area contributed by atoms with E-state index in [1.165, 1.54) is 48.5 Å².